The maximum Gasteiger partial charge on any atom is 0.319 e. The Morgan fingerprint density at radius 3 is 2.13 bits per heavy atom. The molecule has 0 spiro atoms. The lowest BCUT2D eigenvalue weighted by molar-refractivity contribution is -0.137. The van der Waals surface area contributed by atoms with Gasteiger partial charge in [-0.1, -0.05) is 34.1 Å². The van der Waals surface area contributed by atoms with Crippen molar-refractivity contribution in [2.75, 3.05) is 5.75 Å². The SMILES string of the molecule is CC(C)CCCS(=O)C(C(=O)O)C(C)C. The van der Waals surface area contributed by atoms with E-state index in [9.17, 15) is 9.00 Å². The molecule has 4 heteroatoms. The summed E-state index contributed by atoms with van der Waals surface area (Å²) in [7, 11) is -1.23. The van der Waals surface area contributed by atoms with Gasteiger partial charge in [-0.05, 0) is 18.3 Å². The zero-order valence-electron chi connectivity index (χ0n) is 10.0. The lowest BCUT2D eigenvalue weighted by atomic mass is 10.1. The van der Waals surface area contributed by atoms with Gasteiger partial charge in [0.1, 0.15) is 5.25 Å². The molecule has 3 nitrogen and oxygen atoms in total. The van der Waals surface area contributed by atoms with Gasteiger partial charge in [-0.2, -0.15) is 0 Å². The molecule has 15 heavy (non-hydrogen) atoms. The fraction of sp³-hybridized carbons (Fsp3) is 0.909. The molecule has 0 heterocycles. The first kappa shape index (κ1) is 14.6. The monoisotopic (exact) mass is 234 g/mol. The first-order valence-corrected chi connectivity index (χ1v) is 6.84. The topological polar surface area (TPSA) is 54.4 Å². The second-order valence-electron chi connectivity index (χ2n) is 4.62. The van der Waals surface area contributed by atoms with Crippen LogP contribution < -0.4 is 0 Å². The van der Waals surface area contributed by atoms with E-state index in [1.165, 1.54) is 0 Å². The lowest BCUT2D eigenvalue weighted by Crippen LogP contribution is -2.32. The quantitative estimate of drug-likeness (QED) is 0.735. The molecule has 0 radical (unpaired) electrons. The summed E-state index contributed by atoms with van der Waals surface area (Å²) in [5, 5.41) is 8.22. The zero-order chi connectivity index (χ0) is 12.0. The van der Waals surface area contributed by atoms with Gasteiger partial charge in [-0.15, -0.1) is 0 Å². The van der Waals surface area contributed by atoms with Crippen LogP contribution >= 0.6 is 0 Å². The minimum absolute atomic E-state index is 0.0672. The van der Waals surface area contributed by atoms with Crippen molar-refractivity contribution in [3.63, 3.8) is 0 Å². The van der Waals surface area contributed by atoms with Crippen LogP contribution in [0.5, 0.6) is 0 Å². The smallest absolute Gasteiger partial charge is 0.319 e. The highest BCUT2D eigenvalue weighted by molar-refractivity contribution is 7.86. The van der Waals surface area contributed by atoms with Gasteiger partial charge in [0.2, 0.25) is 0 Å². The molecule has 2 unspecified atom stereocenters. The molecule has 0 aliphatic heterocycles. The summed E-state index contributed by atoms with van der Waals surface area (Å²) < 4.78 is 11.7. The normalized spacial score (nSPS) is 15.6. The molecule has 0 rings (SSSR count). The number of carboxylic acids is 1. The van der Waals surface area contributed by atoms with E-state index in [-0.39, 0.29) is 5.92 Å². The van der Waals surface area contributed by atoms with E-state index < -0.39 is 22.0 Å². The van der Waals surface area contributed by atoms with Crippen molar-refractivity contribution in [1.29, 1.82) is 0 Å². The Labute approximate surface area is 94.7 Å². The third-order valence-corrected chi connectivity index (χ3v) is 4.26. The Hall–Kier alpha value is -0.380. The van der Waals surface area contributed by atoms with Crippen molar-refractivity contribution in [3.8, 4) is 0 Å². The van der Waals surface area contributed by atoms with Crippen LogP contribution in [-0.2, 0) is 15.6 Å². The maximum atomic E-state index is 11.7. The van der Waals surface area contributed by atoms with Crippen molar-refractivity contribution < 1.29 is 14.1 Å². The zero-order valence-corrected chi connectivity index (χ0v) is 10.8. The van der Waals surface area contributed by atoms with Crippen molar-refractivity contribution in [2.24, 2.45) is 11.8 Å². The summed E-state index contributed by atoms with van der Waals surface area (Å²) in [5.74, 6) is 0.0902. The van der Waals surface area contributed by atoms with Gasteiger partial charge >= 0.3 is 5.97 Å². The molecule has 0 aliphatic carbocycles. The van der Waals surface area contributed by atoms with Gasteiger partial charge < -0.3 is 5.11 Å². The first-order valence-electron chi connectivity index (χ1n) is 5.46. The molecular weight excluding hydrogens is 212 g/mol. The molecule has 0 bridgehead atoms. The van der Waals surface area contributed by atoms with E-state index in [0.29, 0.717) is 11.7 Å². The summed E-state index contributed by atoms with van der Waals surface area (Å²) in [6, 6.07) is 0. The number of hydrogen-bond acceptors (Lipinski definition) is 2. The van der Waals surface area contributed by atoms with Crippen LogP contribution in [0.15, 0.2) is 0 Å². The first-order chi connectivity index (χ1) is 6.86. The maximum absolute atomic E-state index is 11.7. The average Bonchev–Trinajstić information content (AvgIpc) is 2.01. The van der Waals surface area contributed by atoms with Gasteiger partial charge in [-0.25, -0.2) is 0 Å². The fourth-order valence-electron chi connectivity index (χ4n) is 1.46. The summed E-state index contributed by atoms with van der Waals surface area (Å²) in [6.45, 7) is 7.83. The lowest BCUT2D eigenvalue weighted by Gasteiger charge is -2.15. The number of rotatable bonds is 7. The fourth-order valence-corrected chi connectivity index (χ4v) is 3.00. The molecule has 1 N–H and O–H groups in total. The largest absolute Gasteiger partial charge is 0.480 e. The molecule has 90 valence electrons. The Kier molecular flexibility index (Phi) is 6.81. The van der Waals surface area contributed by atoms with Crippen molar-refractivity contribution in [3.05, 3.63) is 0 Å². The minimum atomic E-state index is -1.23. The summed E-state index contributed by atoms with van der Waals surface area (Å²) >= 11 is 0. The number of carboxylic acid groups (broad SMARTS) is 1. The van der Waals surface area contributed by atoms with Crippen LogP contribution in [0, 0.1) is 11.8 Å². The number of carbonyl (C=O) groups is 1. The van der Waals surface area contributed by atoms with E-state index in [1.54, 1.807) is 13.8 Å². The van der Waals surface area contributed by atoms with Crippen LogP contribution in [0.2, 0.25) is 0 Å². The Balaban J connectivity index is 4.10. The average molecular weight is 234 g/mol. The molecular formula is C11H22O3S. The third-order valence-electron chi connectivity index (χ3n) is 2.26. The standard InChI is InChI=1S/C11H22O3S/c1-8(2)6-5-7-15(14)10(9(3)4)11(12)13/h8-10H,5-7H2,1-4H3,(H,12,13). The Bertz CT molecular complexity index is 224. The predicted molar refractivity (Wildman–Crippen MR) is 63.3 cm³/mol. The Morgan fingerprint density at radius 2 is 1.80 bits per heavy atom. The number of aliphatic carboxylic acids is 1. The van der Waals surface area contributed by atoms with Crippen LogP contribution in [0.25, 0.3) is 0 Å². The summed E-state index contributed by atoms with van der Waals surface area (Å²) in [6.07, 6.45) is 1.86. The summed E-state index contributed by atoms with van der Waals surface area (Å²) in [4.78, 5) is 10.9. The second-order valence-corrected chi connectivity index (χ2v) is 6.30. The molecule has 0 aromatic heterocycles. The van der Waals surface area contributed by atoms with E-state index in [4.69, 9.17) is 5.11 Å². The van der Waals surface area contributed by atoms with Crippen LogP contribution in [-0.4, -0.2) is 26.3 Å². The van der Waals surface area contributed by atoms with Gasteiger partial charge in [0.25, 0.3) is 0 Å². The van der Waals surface area contributed by atoms with Crippen molar-refractivity contribution in [2.45, 2.75) is 45.8 Å². The van der Waals surface area contributed by atoms with Gasteiger partial charge in [0, 0.05) is 16.6 Å². The molecule has 0 aliphatic rings. The van der Waals surface area contributed by atoms with Crippen LogP contribution in [0.4, 0.5) is 0 Å². The number of hydrogen-bond donors (Lipinski definition) is 1. The van der Waals surface area contributed by atoms with E-state index in [1.807, 2.05) is 0 Å². The molecule has 0 saturated carbocycles. The van der Waals surface area contributed by atoms with Crippen molar-refractivity contribution >= 4 is 16.8 Å². The van der Waals surface area contributed by atoms with E-state index >= 15 is 0 Å². The van der Waals surface area contributed by atoms with E-state index in [2.05, 4.69) is 13.8 Å². The predicted octanol–water partition coefficient (Wildman–Crippen LogP) is 2.28. The second kappa shape index (κ2) is 6.99. The van der Waals surface area contributed by atoms with Crippen molar-refractivity contribution in [1.82, 2.24) is 0 Å². The summed E-state index contributed by atoms with van der Waals surface area (Å²) in [5.41, 5.74) is 0. The molecule has 0 fully saturated rings. The molecule has 0 aromatic rings. The molecule has 0 amide bonds. The van der Waals surface area contributed by atoms with Gasteiger partial charge in [0.15, 0.2) is 0 Å². The highest BCUT2D eigenvalue weighted by Crippen LogP contribution is 2.13. The van der Waals surface area contributed by atoms with Crippen LogP contribution in [0.3, 0.4) is 0 Å². The third kappa shape index (κ3) is 5.92. The van der Waals surface area contributed by atoms with Gasteiger partial charge in [0.05, 0.1) is 0 Å². The Morgan fingerprint density at radius 1 is 1.27 bits per heavy atom. The molecule has 2 atom stereocenters. The highest BCUT2D eigenvalue weighted by atomic mass is 32.2. The minimum Gasteiger partial charge on any atom is -0.480 e. The van der Waals surface area contributed by atoms with Gasteiger partial charge in [-0.3, -0.25) is 9.00 Å². The molecule has 0 aromatic carbocycles. The molecule has 0 saturated heterocycles. The highest BCUT2D eigenvalue weighted by Gasteiger charge is 2.27. The van der Waals surface area contributed by atoms with E-state index in [0.717, 1.165) is 12.8 Å². The van der Waals surface area contributed by atoms with Crippen LogP contribution in [0.1, 0.15) is 40.5 Å².